The Hall–Kier alpha value is 0.0400. The van der Waals surface area contributed by atoms with Crippen LogP contribution in [0.15, 0.2) is 35.5 Å². The molecule has 0 atom stereocenters. The van der Waals surface area contributed by atoms with E-state index in [4.69, 9.17) is 11.6 Å². The highest BCUT2D eigenvalue weighted by atomic mass is 35.5. The lowest BCUT2D eigenvalue weighted by Gasteiger charge is -1.92. The minimum absolute atomic E-state index is 0. The minimum Gasteiger partial charge on any atom is -1.00 e. The molecule has 70 valence electrons. The zero-order valence-corrected chi connectivity index (χ0v) is 9.72. The third-order valence-electron chi connectivity index (χ3n) is 1.53. The van der Waals surface area contributed by atoms with Crippen molar-refractivity contribution in [2.24, 2.45) is 0 Å². The Morgan fingerprint density at radius 1 is 1.23 bits per heavy atom. The molecule has 0 fully saturated rings. The molecule has 0 unspecified atom stereocenters. The summed E-state index contributed by atoms with van der Waals surface area (Å²) in [5.74, 6) is 0. The summed E-state index contributed by atoms with van der Waals surface area (Å²) in [4.78, 5) is 1.17. The number of rotatable bonds is 1. The summed E-state index contributed by atoms with van der Waals surface area (Å²) >= 11 is 5.95. The minimum atomic E-state index is 0. The van der Waals surface area contributed by atoms with E-state index in [2.05, 4.69) is 16.9 Å². The van der Waals surface area contributed by atoms with Crippen LogP contribution in [0.3, 0.4) is 0 Å². The first-order valence-electron chi connectivity index (χ1n) is 3.46. The fourth-order valence-electron chi connectivity index (χ4n) is 0.972. The van der Waals surface area contributed by atoms with Crippen LogP contribution in [-0.2, 0) is 10.8 Å². The standard InChI is InChI=1S/C8H6ClNS2.ClH/c9-8-7(11-12-10-8)6-4-2-1-3-5-6;/h1-5,10H;1H. The lowest BCUT2D eigenvalue weighted by molar-refractivity contribution is -0.00000213. The normalized spacial score (nSPS) is 15.2. The maximum atomic E-state index is 5.95. The van der Waals surface area contributed by atoms with E-state index in [-0.39, 0.29) is 12.4 Å². The summed E-state index contributed by atoms with van der Waals surface area (Å²) < 4.78 is 3.02. The van der Waals surface area contributed by atoms with Crippen LogP contribution >= 0.6 is 22.6 Å². The molecule has 5 heteroatoms. The van der Waals surface area contributed by atoms with Gasteiger partial charge < -0.3 is 12.4 Å². The molecule has 1 nitrogen and oxygen atoms in total. The predicted molar refractivity (Wildman–Crippen MR) is 58.7 cm³/mol. The lowest BCUT2D eigenvalue weighted by atomic mass is 10.2. The van der Waals surface area contributed by atoms with Gasteiger partial charge in [-0.15, -0.1) is 0 Å². The molecule has 1 N–H and O–H groups in total. The Morgan fingerprint density at radius 3 is 2.46 bits per heavy atom. The van der Waals surface area contributed by atoms with Crippen LogP contribution in [0, 0.1) is 0 Å². The zero-order chi connectivity index (χ0) is 8.39. The van der Waals surface area contributed by atoms with Crippen molar-refractivity contribution in [3.05, 3.63) is 41.1 Å². The Labute approximate surface area is 96.3 Å². The maximum absolute atomic E-state index is 5.95. The van der Waals surface area contributed by atoms with Crippen molar-refractivity contribution < 1.29 is 12.4 Å². The van der Waals surface area contributed by atoms with Crippen molar-refractivity contribution in [2.45, 2.75) is 0 Å². The zero-order valence-electron chi connectivity index (χ0n) is 6.50. The monoisotopic (exact) mass is 251 g/mol. The largest absolute Gasteiger partial charge is 1.00 e. The number of thiol groups is 1. The average Bonchev–Trinajstić information content (AvgIpc) is 2.53. The highest BCUT2D eigenvalue weighted by Crippen LogP contribution is 2.32. The van der Waals surface area contributed by atoms with Crippen molar-refractivity contribution in [3.63, 3.8) is 0 Å². The third kappa shape index (κ3) is 2.50. The number of nitrogens with one attached hydrogen (secondary N) is 1. The Bertz CT molecular complexity index is 313. The molecule has 13 heavy (non-hydrogen) atoms. The molecule has 0 aromatic heterocycles. The van der Waals surface area contributed by atoms with E-state index in [1.165, 1.54) is 21.3 Å². The van der Waals surface area contributed by atoms with Gasteiger partial charge in [0.1, 0.15) is 10.8 Å². The Balaban J connectivity index is 0.000000845. The molecular formula is C8H7Cl2NS2. The summed E-state index contributed by atoms with van der Waals surface area (Å²) in [6.07, 6.45) is 0. The molecule has 1 aliphatic rings. The van der Waals surface area contributed by atoms with Crippen LogP contribution in [0.1, 0.15) is 5.56 Å². The van der Waals surface area contributed by atoms with Gasteiger partial charge in [-0.05, 0) is 12.1 Å². The molecular weight excluding hydrogens is 245 g/mol. The van der Waals surface area contributed by atoms with Crippen LogP contribution in [-0.4, -0.2) is 0 Å². The second kappa shape index (κ2) is 5.05. The fourth-order valence-corrected chi connectivity index (χ4v) is 3.70. The number of hydrogen-bond donors (Lipinski definition) is 1. The summed E-state index contributed by atoms with van der Waals surface area (Å²) in [6.45, 7) is 0. The van der Waals surface area contributed by atoms with Crippen molar-refractivity contribution in [3.8, 4) is 0 Å². The van der Waals surface area contributed by atoms with Crippen molar-refractivity contribution in [1.82, 2.24) is 4.72 Å². The molecule has 0 amide bonds. The highest BCUT2D eigenvalue weighted by molar-refractivity contribution is 8.69. The van der Waals surface area contributed by atoms with Crippen LogP contribution in [0.4, 0.5) is 0 Å². The summed E-state index contributed by atoms with van der Waals surface area (Å²) in [6, 6.07) is 10.2. The highest BCUT2D eigenvalue weighted by Gasteiger charge is 2.24. The van der Waals surface area contributed by atoms with Crippen molar-refractivity contribution in [2.75, 3.05) is 0 Å². The number of halogens is 2. The fraction of sp³-hybridized carbons (Fsp3) is 0. The lowest BCUT2D eigenvalue weighted by Crippen LogP contribution is -3.00. The molecule has 0 bridgehead atoms. The van der Waals surface area contributed by atoms with Gasteiger partial charge in [-0.3, -0.25) is 4.72 Å². The molecule has 1 heterocycles. The van der Waals surface area contributed by atoms with E-state index in [1.54, 1.807) is 11.0 Å². The molecule has 0 spiro atoms. The molecule has 0 radical (unpaired) electrons. The van der Waals surface area contributed by atoms with E-state index in [0.717, 1.165) is 5.16 Å². The second-order valence-electron chi connectivity index (χ2n) is 2.31. The van der Waals surface area contributed by atoms with Crippen molar-refractivity contribution >= 4 is 38.3 Å². The Kier molecular flexibility index (Phi) is 4.32. The van der Waals surface area contributed by atoms with E-state index in [0.29, 0.717) is 0 Å². The maximum Gasteiger partial charge on any atom is 0.216 e. The third-order valence-corrected chi connectivity index (χ3v) is 4.20. The van der Waals surface area contributed by atoms with E-state index in [9.17, 15) is 0 Å². The quantitative estimate of drug-likeness (QED) is 0.239. The van der Waals surface area contributed by atoms with E-state index in [1.807, 2.05) is 18.2 Å². The Morgan fingerprint density at radius 2 is 1.92 bits per heavy atom. The average molecular weight is 252 g/mol. The number of hydrogen-bond acceptors (Lipinski definition) is 2. The topological polar surface area (TPSA) is 12.0 Å². The van der Waals surface area contributed by atoms with Crippen LogP contribution < -0.4 is 17.1 Å². The van der Waals surface area contributed by atoms with Gasteiger partial charge in [0, 0.05) is 5.56 Å². The van der Waals surface area contributed by atoms with Gasteiger partial charge >= 0.3 is 0 Å². The number of benzene rings is 1. The molecule has 2 rings (SSSR count). The summed E-state index contributed by atoms with van der Waals surface area (Å²) in [5, 5.41) is 0.757. The SMILES string of the molecule is ClC1=C(c2ccccc2)[SH+]SN1.[Cl-]. The van der Waals surface area contributed by atoms with E-state index < -0.39 is 0 Å². The van der Waals surface area contributed by atoms with Crippen LogP contribution in [0.5, 0.6) is 0 Å². The molecule has 0 saturated carbocycles. The molecule has 1 aromatic carbocycles. The first-order valence-corrected chi connectivity index (χ1v) is 6.15. The molecule has 0 saturated heterocycles. The molecule has 1 aromatic rings. The van der Waals surface area contributed by atoms with Gasteiger partial charge in [0.15, 0.2) is 5.16 Å². The predicted octanol–water partition coefficient (Wildman–Crippen LogP) is -0.463. The van der Waals surface area contributed by atoms with Crippen LogP contribution in [0.25, 0.3) is 4.91 Å². The van der Waals surface area contributed by atoms with Crippen molar-refractivity contribution in [1.29, 1.82) is 0 Å². The molecule has 1 aliphatic heterocycles. The van der Waals surface area contributed by atoms with Gasteiger partial charge in [0.25, 0.3) is 0 Å². The van der Waals surface area contributed by atoms with Crippen LogP contribution in [0.2, 0.25) is 0 Å². The van der Waals surface area contributed by atoms with Gasteiger partial charge in [-0.25, -0.2) is 0 Å². The molecule has 0 aliphatic carbocycles. The smallest absolute Gasteiger partial charge is 0.216 e. The van der Waals surface area contributed by atoms with Gasteiger partial charge in [0.05, 0.1) is 0 Å². The summed E-state index contributed by atoms with van der Waals surface area (Å²) in [7, 11) is 2.79. The van der Waals surface area contributed by atoms with E-state index >= 15 is 0 Å². The van der Waals surface area contributed by atoms with Gasteiger partial charge in [-0.1, -0.05) is 29.8 Å². The first kappa shape index (κ1) is 11.1. The van der Waals surface area contributed by atoms with Gasteiger partial charge in [0.2, 0.25) is 15.9 Å². The van der Waals surface area contributed by atoms with Gasteiger partial charge in [-0.2, -0.15) is 0 Å². The second-order valence-corrected chi connectivity index (χ2v) is 4.80. The summed E-state index contributed by atoms with van der Waals surface area (Å²) in [5.41, 5.74) is 1.20. The first-order chi connectivity index (χ1) is 5.88.